The van der Waals surface area contributed by atoms with Crippen LogP contribution < -0.4 is 10.9 Å². The molecule has 0 saturated carbocycles. The van der Waals surface area contributed by atoms with Crippen molar-refractivity contribution in [2.75, 3.05) is 5.32 Å². The number of para-hydroxylation sites is 1. The Balaban J connectivity index is 1.93. The summed E-state index contributed by atoms with van der Waals surface area (Å²) < 4.78 is 15.4. The molecule has 29 heavy (non-hydrogen) atoms. The van der Waals surface area contributed by atoms with Crippen molar-refractivity contribution in [3.8, 4) is 0 Å². The lowest BCUT2D eigenvalue weighted by Crippen LogP contribution is -2.28. The highest BCUT2D eigenvalue weighted by Crippen LogP contribution is 2.25. The largest absolute Gasteiger partial charge is 0.323 e. The molecule has 8 heteroatoms. The third-order valence-electron chi connectivity index (χ3n) is 4.21. The van der Waals surface area contributed by atoms with E-state index in [0.29, 0.717) is 27.6 Å². The Hall–Kier alpha value is -2.38. The number of carbonyl (C=O) groups is 1. The van der Waals surface area contributed by atoms with Crippen LogP contribution in [0, 0.1) is 11.7 Å². The first-order valence-electron chi connectivity index (χ1n) is 9.18. The van der Waals surface area contributed by atoms with Gasteiger partial charge in [-0.2, -0.15) is 0 Å². The zero-order chi connectivity index (χ0) is 21.1. The van der Waals surface area contributed by atoms with Gasteiger partial charge in [0.15, 0.2) is 5.16 Å². The van der Waals surface area contributed by atoms with E-state index in [4.69, 9.17) is 11.6 Å². The molecule has 152 valence electrons. The molecule has 0 saturated heterocycles. The van der Waals surface area contributed by atoms with Gasteiger partial charge in [-0.1, -0.05) is 49.3 Å². The first-order valence-corrected chi connectivity index (χ1v) is 10.4. The molecule has 3 rings (SSSR count). The number of aromatic nitrogens is 2. The summed E-state index contributed by atoms with van der Waals surface area (Å²) >= 11 is 7.20. The van der Waals surface area contributed by atoms with E-state index in [-0.39, 0.29) is 23.1 Å². The maximum absolute atomic E-state index is 13.8. The summed E-state index contributed by atoms with van der Waals surface area (Å²) in [5, 5.41) is 3.33. The molecule has 5 nitrogen and oxygen atoms in total. The predicted molar refractivity (Wildman–Crippen MR) is 116 cm³/mol. The van der Waals surface area contributed by atoms with Gasteiger partial charge in [-0.25, -0.2) is 9.37 Å². The molecule has 0 aliphatic carbocycles. The van der Waals surface area contributed by atoms with Crippen molar-refractivity contribution < 1.29 is 9.18 Å². The van der Waals surface area contributed by atoms with Crippen molar-refractivity contribution in [3.63, 3.8) is 0 Å². The molecule has 0 unspecified atom stereocenters. The molecule has 0 spiro atoms. The molecule has 1 N–H and O–H groups in total. The maximum atomic E-state index is 13.8. The number of anilines is 1. The molecule has 0 bridgehead atoms. The van der Waals surface area contributed by atoms with E-state index in [1.807, 2.05) is 13.8 Å². The Kier molecular flexibility index (Phi) is 6.59. The smallest absolute Gasteiger partial charge is 0.262 e. The molecule has 1 amide bonds. The van der Waals surface area contributed by atoms with E-state index in [1.165, 1.54) is 12.1 Å². The van der Waals surface area contributed by atoms with Crippen LogP contribution in [0.3, 0.4) is 0 Å². The minimum atomic E-state index is -0.593. The summed E-state index contributed by atoms with van der Waals surface area (Å²) in [6.45, 7) is 6.14. The molecule has 0 radical (unpaired) electrons. The first-order chi connectivity index (χ1) is 13.8. The summed E-state index contributed by atoms with van der Waals surface area (Å²) in [5.41, 5.74) is 0.435. The van der Waals surface area contributed by atoms with E-state index in [1.54, 1.807) is 41.8 Å². The summed E-state index contributed by atoms with van der Waals surface area (Å²) in [7, 11) is 0. The highest BCUT2D eigenvalue weighted by molar-refractivity contribution is 8.00. The third kappa shape index (κ3) is 4.97. The van der Waals surface area contributed by atoms with Crippen molar-refractivity contribution in [1.29, 1.82) is 0 Å². The van der Waals surface area contributed by atoms with Gasteiger partial charge in [-0.15, -0.1) is 0 Å². The van der Waals surface area contributed by atoms with E-state index < -0.39 is 11.1 Å². The Morgan fingerprint density at radius 1 is 1.24 bits per heavy atom. The molecule has 0 aliphatic heterocycles. The van der Waals surface area contributed by atoms with Crippen LogP contribution in [0.2, 0.25) is 5.02 Å². The van der Waals surface area contributed by atoms with Crippen LogP contribution in [-0.2, 0) is 11.3 Å². The molecular formula is C21H21ClFN3O2S. The Labute approximate surface area is 177 Å². The summed E-state index contributed by atoms with van der Waals surface area (Å²) in [4.78, 5) is 30.2. The van der Waals surface area contributed by atoms with Crippen LogP contribution in [0.5, 0.6) is 0 Å². The minimum absolute atomic E-state index is 0.116. The van der Waals surface area contributed by atoms with Crippen molar-refractivity contribution >= 4 is 45.9 Å². The molecule has 2 aromatic carbocycles. The second-order valence-corrected chi connectivity index (χ2v) is 8.84. The van der Waals surface area contributed by atoms with Crippen LogP contribution in [0.25, 0.3) is 10.9 Å². The Morgan fingerprint density at radius 2 is 1.97 bits per heavy atom. The van der Waals surface area contributed by atoms with E-state index in [9.17, 15) is 14.0 Å². The molecule has 3 aromatic rings. The van der Waals surface area contributed by atoms with Crippen LogP contribution in [-0.4, -0.2) is 20.7 Å². The Bertz CT molecular complexity index is 1120. The number of hydrogen-bond donors (Lipinski definition) is 1. The number of carbonyl (C=O) groups excluding carboxylic acids is 1. The molecule has 1 heterocycles. The molecular weight excluding hydrogens is 413 g/mol. The van der Waals surface area contributed by atoms with Gasteiger partial charge in [0.2, 0.25) is 5.91 Å². The highest BCUT2D eigenvalue weighted by Gasteiger charge is 2.21. The summed E-state index contributed by atoms with van der Waals surface area (Å²) in [6.07, 6.45) is 0. The summed E-state index contributed by atoms with van der Waals surface area (Å²) in [6, 6.07) is 10.9. The standard InChI is InChI=1S/C21H21ClFN3O2S/c1-12(2)11-26-20(28)15-10-14(22)8-9-17(15)25-21(26)29-13(3)19(27)24-18-7-5-4-6-16(18)23/h4-10,12-13H,11H2,1-3H3,(H,24,27)/t13-/m1/s1. The van der Waals surface area contributed by atoms with Gasteiger partial charge in [0.1, 0.15) is 5.82 Å². The lowest BCUT2D eigenvalue weighted by Gasteiger charge is -2.17. The molecule has 0 fully saturated rings. The molecule has 0 aliphatic rings. The second kappa shape index (κ2) is 8.97. The zero-order valence-electron chi connectivity index (χ0n) is 16.3. The number of fused-ring (bicyclic) bond motifs is 1. The van der Waals surface area contributed by atoms with Gasteiger partial charge in [-0.3, -0.25) is 14.2 Å². The number of amides is 1. The fourth-order valence-electron chi connectivity index (χ4n) is 2.80. The monoisotopic (exact) mass is 433 g/mol. The quantitative estimate of drug-likeness (QED) is 0.440. The van der Waals surface area contributed by atoms with Crippen molar-refractivity contribution in [2.24, 2.45) is 5.92 Å². The normalized spacial score (nSPS) is 12.3. The van der Waals surface area contributed by atoms with Crippen molar-refractivity contribution in [2.45, 2.75) is 37.7 Å². The number of rotatable bonds is 6. The van der Waals surface area contributed by atoms with E-state index in [2.05, 4.69) is 10.3 Å². The maximum Gasteiger partial charge on any atom is 0.262 e. The topological polar surface area (TPSA) is 64.0 Å². The van der Waals surface area contributed by atoms with Gasteiger partial charge in [0, 0.05) is 11.6 Å². The number of hydrogen-bond acceptors (Lipinski definition) is 4. The van der Waals surface area contributed by atoms with Gasteiger partial charge < -0.3 is 5.32 Å². The zero-order valence-corrected chi connectivity index (χ0v) is 17.9. The average Bonchev–Trinajstić information content (AvgIpc) is 2.67. The summed E-state index contributed by atoms with van der Waals surface area (Å²) in [5.74, 6) is -0.676. The van der Waals surface area contributed by atoms with Gasteiger partial charge >= 0.3 is 0 Å². The van der Waals surface area contributed by atoms with Gasteiger partial charge in [0.25, 0.3) is 5.56 Å². The Morgan fingerprint density at radius 3 is 2.66 bits per heavy atom. The van der Waals surface area contributed by atoms with Crippen molar-refractivity contribution in [3.05, 3.63) is 63.7 Å². The second-order valence-electron chi connectivity index (χ2n) is 7.09. The van der Waals surface area contributed by atoms with Crippen LogP contribution >= 0.6 is 23.4 Å². The SMILES string of the molecule is CC(C)Cn1c(S[C@H](C)C(=O)Nc2ccccc2F)nc2ccc(Cl)cc2c1=O. The average molecular weight is 434 g/mol. The predicted octanol–water partition coefficient (Wildman–Crippen LogP) is 4.96. The van der Waals surface area contributed by atoms with E-state index in [0.717, 1.165) is 11.8 Å². The van der Waals surface area contributed by atoms with Gasteiger partial charge in [0.05, 0.1) is 21.8 Å². The molecule has 1 atom stereocenters. The lowest BCUT2D eigenvalue weighted by atomic mass is 10.2. The highest BCUT2D eigenvalue weighted by atomic mass is 35.5. The van der Waals surface area contributed by atoms with Crippen LogP contribution in [0.15, 0.2) is 52.4 Å². The number of thioether (sulfide) groups is 1. The number of nitrogens with zero attached hydrogens (tertiary/aromatic N) is 2. The van der Waals surface area contributed by atoms with Crippen LogP contribution in [0.1, 0.15) is 20.8 Å². The fraction of sp³-hybridized carbons (Fsp3) is 0.286. The van der Waals surface area contributed by atoms with E-state index >= 15 is 0 Å². The fourth-order valence-corrected chi connectivity index (χ4v) is 3.89. The van der Waals surface area contributed by atoms with Gasteiger partial charge in [-0.05, 0) is 43.2 Å². The molecule has 1 aromatic heterocycles. The lowest BCUT2D eigenvalue weighted by molar-refractivity contribution is -0.115. The number of halogens is 2. The number of nitrogens with one attached hydrogen (secondary N) is 1. The van der Waals surface area contributed by atoms with Crippen LogP contribution in [0.4, 0.5) is 10.1 Å². The number of benzene rings is 2. The minimum Gasteiger partial charge on any atom is -0.323 e. The van der Waals surface area contributed by atoms with Crippen molar-refractivity contribution in [1.82, 2.24) is 9.55 Å². The third-order valence-corrected chi connectivity index (χ3v) is 5.54. The first kappa shape index (κ1) is 21.3.